The first-order valence-corrected chi connectivity index (χ1v) is 11.4. The summed E-state index contributed by atoms with van der Waals surface area (Å²) in [5.41, 5.74) is 1.41. The molecule has 1 aromatic carbocycles. The molecule has 1 saturated heterocycles. The molecule has 1 aliphatic carbocycles. The highest BCUT2D eigenvalue weighted by molar-refractivity contribution is 6.05. The van der Waals surface area contributed by atoms with Crippen molar-refractivity contribution < 1.29 is 23.5 Å². The quantitative estimate of drug-likeness (QED) is 0.476. The fourth-order valence-electron chi connectivity index (χ4n) is 4.84. The van der Waals surface area contributed by atoms with Gasteiger partial charge in [0.25, 0.3) is 5.91 Å². The van der Waals surface area contributed by atoms with E-state index in [1.807, 2.05) is 12.1 Å². The Labute approximate surface area is 187 Å². The van der Waals surface area contributed by atoms with Gasteiger partial charge in [-0.3, -0.25) is 19.7 Å². The highest BCUT2D eigenvalue weighted by atomic mass is 19.1. The fourth-order valence-corrected chi connectivity index (χ4v) is 4.84. The molecular formula is C24H30FN3O4. The number of amides is 3. The Bertz CT molecular complexity index is 919. The summed E-state index contributed by atoms with van der Waals surface area (Å²) in [6.45, 7) is 4.35. The molecule has 0 spiro atoms. The molecule has 4 rings (SSSR count). The maximum Gasteiger partial charge on any atom is 0.255 e. The standard InChI is InChI=1S/C24H30FN3O4/c1-15(25)5-4-12-26-19-6-2-3-7-21(19)32-17-8-9-18-16(13-17)14-28(24(18)31)20-10-11-22(29)27-23(20)30/h8-9,13,19-21,26H,1-7,10-12,14H2,(H,27,29,30)/t19-,20?,21-/m1/s1. The van der Waals surface area contributed by atoms with E-state index in [0.29, 0.717) is 43.7 Å². The molecule has 8 heteroatoms. The third-order valence-electron chi connectivity index (χ3n) is 6.52. The predicted octanol–water partition coefficient (Wildman–Crippen LogP) is 2.99. The van der Waals surface area contributed by atoms with E-state index in [2.05, 4.69) is 17.2 Å². The van der Waals surface area contributed by atoms with E-state index >= 15 is 0 Å². The molecule has 1 saturated carbocycles. The van der Waals surface area contributed by atoms with Crippen molar-refractivity contribution in [1.82, 2.24) is 15.5 Å². The number of allylic oxidation sites excluding steroid dienone is 1. The molecule has 1 unspecified atom stereocenters. The minimum atomic E-state index is -0.621. The van der Waals surface area contributed by atoms with E-state index in [9.17, 15) is 18.8 Å². The van der Waals surface area contributed by atoms with E-state index in [0.717, 1.165) is 31.2 Å². The number of nitrogens with one attached hydrogen (secondary N) is 2. The van der Waals surface area contributed by atoms with Gasteiger partial charge in [-0.05, 0) is 68.8 Å². The Morgan fingerprint density at radius 2 is 2.03 bits per heavy atom. The maximum absolute atomic E-state index is 12.8. The van der Waals surface area contributed by atoms with Crippen LogP contribution in [0, 0.1) is 0 Å². The molecule has 172 valence electrons. The molecule has 32 heavy (non-hydrogen) atoms. The largest absolute Gasteiger partial charge is 0.489 e. The zero-order chi connectivity index (χ0) is 22.7. The van der Waals surface area contributed by atoms with Crippen molar-refractivity contribution in [3.8, 4) is 5.75 Å². The predicted molar refractivity (Wildman–Crippen MR) is 117 cm³/mol. The molecule has 2 aliphatic heterocycles. The molecule has 1 aromatic rings. The van der Waals surface area contributed by atoms with Gasteiger partial charge >= 0.3 is 0 Å². The smallest absolute Gasteiger partial charge is 0.255 e. The summed E-state index contributed by atoms with van der Waals surface area (Å²) in [4.78, 5) is 38.0. The Morgan fingerprint density at radius 1 is 1.22 bits per heavy atom. The third-order valence-corrected chi connectivity index (χ3v) is 6.52. The van der Waals surface area contributed by atoms with Crippen LogP contribution >= 0.6 is 0 Å². The molecule has 2 fully saturated rings. The van der Waals surface area contributed by atoms with Gasteiger partial charge in [0.1, 0.15) is 17.9 Å². The summed E-state index contributed by atoms with van der Waals surface area (Å²) in [7, 11) is 0. The fraction of sp³-hybridized carbons (Fsp3) is 0.542. The van der Waals surface area contributed by atoms with E-state index < -0.39 is 11.9 Å². The lowest BCUT2D eigenvalue weighted by Crippen LogP contribution is -2.52. The van der Waals surface area contributed by atoms with Crippen molar-refractivity contribution in [3.63, 3.8) is 0 Å². The summed E-state index contributed by atoms with van der Waals surface area (Å²) in [6, 6.07) is 5.04. The second kappa shape index (κ2) is 9.81. The lowest BCUT2D eigenvalue weighted by atomic mass is 9.92. The molecule has 2 N–H and O–H groups in total. The van der Waals surface area contributed by atoms with Crippen LogP contribution in [0.25, 0.3) is 0 Å². The zero-order valence-corrected chi connectivity index (χ0v) is 18.2. The number of rotatable bonds is 8. The minimum Gasteiger partial charge on any atom is -0.489 e. The van der Waals surface area contributed by atoms with Crippen LogP contribution in [0.15, 0.2) is 30.6 Å². The van der Waals surface area contributed by atoms with Crippen molar-refractivity contribution in [2.45, 2.75) is 76.1 Å². The van der Waals surface area contributed by atoms with Gasteiger partial charge in [0, 0.05) is 24.6 Å². The first kappa shape index (κ1) is 22.5. The molecular weight excluding hydrogens is 413 g/mol. The van der Waals surface area contributed by atoms with Crippen LogP contribution in [0.1, 0.15) is 67.3 Å². The average molecular weight is 444 g/mol. The number of benzene rings is 1. The highest BCUT2D eigenvalue weighted by Gasteiger charge is 2.39. The number of halogens is 1. The number of imide groups is 1. The van der Waals surface area contributed by atoms with Gasteiger partial charge in [0.15, 0.2) is 0 Å². The van der Waals surface area contributed by atoms with Crippen LogP contribution in [0.4, 0.5) is 4.39 Å². The Morgan fingerprint density at radius 3 is 2.81 bits per heavy atom. The van der Waals surface area contributed by atoms with Crippen LogP contribution in [0.5, 0.6) is 5.75 Å². The number of ether oxygens (including phenoxy) is 1. The van der Waals surface area contributed by atoms with Gasteiger partial charge in [-0.15, -0.1) is 0 Å². The lowest BCUT2D eigenvalue weighted by Gasteiger charge is -2.32. The van der Waals surface area contributed by atoms with E-state index in [1.165, 1.54) is 0 Å². The van der Waals surface area contributed by atoms with Crippen molar-refractivity contribution in [2.24, 2.45) is 0 Å². The number of carbonyl (C=O) groups is 3. The van der Waals surface area contributed by atoms with Crippen LogP contribution in [-0.4, -0.2) is 47.4 Å². The number of hydrogen-bond donors (Lipinski definition) is 2. The molecule has 2 heterocycles. The van der Waals surface area contributed by atoms with Crippen molar-refractivity contribution in [3.05, 3.63) is 41.7 Å². The van der Waals surface area contributed by atoms with Crippen LogP contribution in [-0.2, 0) is 16.1 Å². The third kappa shape index (κ3) is 5.01. The average Bonchev–Trinajstić information content (AvgIpc) is 3.08. The number of hydrogen-bond acceptors (Lipinski definition) is 5. The molecule has 7 nitrogen and oxygen atoms in total. The molecule has 0 radical (unpaired) electrons. The molecule has 3 atom stereocenters. The van der Waals surface area contributed by atoms with Gasteiger partial charge in [-0.1, -0.05) is 13.0 Å². The number of fused-ring (bicyclic) bond motifs is 1. The number of piperidine rings is 1. The SMILES string of the molecule is C=C(F)CCCN[C@@H]1CCCC[C@H]1Oc1ccc2c(c1)CN(C1CCC(=O)NC1=O)C2=O. The summed E-state index contributed by atoms with van der Waals surface area (Å²) >= 11 is 0. The van der Waals surface area contributed by atoms with Gasteiger partial charge in [0.05, 0.1) is 5.83 Å². The summed E-state index contributed by atoms with van der Waals surface area (Å²) < 4.78 is 19.2. The lowest BCUT2D eigenvalue weighted by molar-refractivity contribution is -0.136. The molecule has 3 aliphatic rings. The van der Waals surface area contributed by atoms with Gasteiger partial charge in [-0.25, -0.2) is 4.39 Å². The Kier molecular flexibility index (Phi) is 6.89. The zero-order valence-electron chi connectivity index (χ0n) is 18.2. The van der Waals surface area contributed by atoms with E-state index in [1.54, 1.807) is 11.0 Å². The van der Waals surface area contributed by atoms with Crippen molar-refractivity contribution in [1.29, 1.82) is 0 Å². The van der Waals surface area contributed by atoms with Crippen LogP contribution in [0.2, 0.25) is 0 Å². The van der Waals surface area contributed by atoms with Gasteiger partial charge in [-0.2, -0.15) is 0 Å². The first-order chi connectivity index (χ1) is 15.4. The first-order valence-electron chi connectivity index (χ1n) is 11.4. The molecule has 0 aromatic heterocycles. The highest BCUT2D eigenvalue weighted by Crippen LogP contribution is 2.32. The normalized spacial score (nSPS) is 25.5. The van der Waals surface area contributed by atoms with Crippen LogP contribution < -0.4 is 15.4 Å². The number of carbonyl (C=O) groups excluding carboxylic acids is 3. The number of nitrogens with zero attached hydrogens (tertiary/aromatic N) is 1. The van der Waals surface area contributed by atoms with Crippen molar-refractivity contribution >= 4 is 17.7 Å². The second-order valence-electron chi connectivity index (χ2n) is 8.84. The minimum absolute atomic E-state index is 0.0127. The summed E-state index contributed by atoms with van der Waals surface area (Å²) in [5, 5.41) is 5.82. The van der Waals surface area contributed by atoms with Crippen LogP contribution in [0.3, 0.4) is 0 Å². The monoisotopic (exact) mass is 443 g/mol. The topological polar surface area (TPSA) is 87.7 Å². The van der Waals surface area contributed by atoms with Crippen molar-refractivity contribution in [2.75, 3.05) is 6.54 Å². The summed E-state index contributed by atoms with van der Waals surface area (Å²) in [6.07, 6.45) is 5.84. The summed E-state index contributed by atoms with van der Waals surface area (Å²) in [5.74, 6) is -0.477. The van der Waals surface area contributed by atoms with Gasteiger partial charge in [0.2, 0.25) is 11.8 Å². The molecule has 3 amide bonds. The second-order valence-corrected chi connectivity index (χ2v) is 8.84. The molecule has 0 bridgehead atoms. The van der Waals surface area contributed by atoms with E-state index in [-0.39, 0.29) is 36.2 Å². The maximum atomic E-state index is 12.8. The Hall–Kier alpha value is -2.74. The van der Waals surface area contributed by atoms with E-state index in [4.69, 9.17) is 4.74 Å². The van der Waals surface area contributed by atoms with Gasteiger partial charge < -0.3 is 15.0 Å². The Balaban J connectivity index is 1.39.